The highest BCUT2D eigenvalue weighted by molar-refractivity contribution is 7.87. The Balaban J connectivity index is 2.66. The van der Waals surface area contributed by atoms with E-state index in [-0.39, 0.29) is 5.92 Å². The molecule has 13 heavy (non-hydrogen) atoms. The molecule has 1 heterocycles. The summed E-state index contributed by atoms with van der Waals surface area (Å²) >= 11 is 0. The zero-order valence-corrected chi connectivity index (χ0v) is 8.38. The normalized spacial score (nSPS) is 25.8. The largest absolute Gasteiger partial charge is 0.303 e. The second-order valence-electron chi connectivity index (χ2n) is 3.11. The number of nitrogens with zero attached hydrogens (tertiary/aromatic N) is 1. The Morgan fingerprint density at radius 3 is 2.77 bits per heavy atom. The summed E-state index contributed by atoms with van der Waals surface area (Å²) in [4.78, 5) is 10.5. The number of hydrogen-bond acceptors (Lipinski definition) is 3. The molecule has 0 aromatic rings. The lowest BCUT2D eigenvalue weighted by Crippen LogP contribution is -2.45. The molecule has 0 spiro atoms. The van der Waals surface area contributed by atoms with E-state index in [4.69, 9.17) is 0 Å². The molecule has 0 aromatic carbocycles. The number of carbonyl (C=O) groups excluding carboxylic acids is 1. The summed E-state index contributed by atoms with van der Waals surface area (Å²) in [5, 5.41) is 0. The van der Waals surface area contributed by atoms with Crippen molar-refractivity contribution in [3.8, 4) is 0 Å². The molecule has 76 valence electrons. The van der Waals surface area contributed by atoms with Gasteiger partial charge in [0.2, 0.25) is 0 Å². The molecule has 0 radical (unpaired) electrons. The van der Waals surface area contributed by atoms with Gasteiger partial charge in [0, 0.05) is 26.1 Å². The Labute approximate surface area is 78.3 Å². The summed E-state index contributed by atoms with van der Waals surface area (Å²) in [5.41, 5.74) is 0. The number of nitrogens with one attached hydrogen (secondary N) is 1. The van der Waals surface area contributed by atoms with Gasteiger partial charge in [0.05, 0.1) is 0 Å². The van der Waals surface area contributed by atoms with Crippen LogP contribution in [0.1, 0.15) is 12.8 Å². The van der Waals surface area contributed by atoms with Gasteiger partial charge >= 0.3 is 0 Å². The van der Waals surface area contributed by atoms with Crippen LogP contribution < -0.4 is 4.72 Å². The van der Waals surface area contributed by atoms with Crippen molar-refractivity contribution in [1.82, 2.24) is 9.03 Å². The molecular weight excluding hydrogens is 192 g/mol. The number of rotatable bonds is 3. The van der Waals surface area contributed by atoms with Gasteiger partial charge in [-0.05, 0) is 12.8 Å². The van der Waals surface area contributed by atoms with Crippen molar-refractivity contribution in [3.05, 3.63) is 0 Å². The molecule has 1 rings (SSSR count). The van der Waals surface area contributed by atoms with Crippen molar-refractivity contribution in [3.63, 3.8) is 0 Å². The predicted molar refractivity (Wildman–Crippen MR) is 48.3 cm³/mol. The first-order valence-electron chi connectivity index (χ1n) is 4.24. The van der Waals surface area contributed by atoms with Crippen LogP contribution in [0.3, 0.4) is 0 Å². The average molecular weight is 206 g/mol. The lowest BCUT2D eigenvalue weighted by Gasteiger charge is -2.28. The Hall–Kier alpha value is -0.460. The summed E-state index contributed by atoms with van der Waals surface area (Å²) < 4.78 is 26.2. The summed E-state index contributed by atoms with van der Waals surface area (Å²) in [7, 11) is -1.96. The highest BCUT2D eigenvalue weighted by Gasteiger charge is 2.27. The van der Waals surface area contributed by atoms with Crippen molar-refractivity contribution in [2.24, 2.45) is 5.92 Å². The maximum absolute atomic E-state index is 11.3. The predicted octanol–water partition coefficient (Wildman–Crippen LogP) is -0.639. The van der Waals surface area contributed by atoms with E-state index in [2.05, 4.69) is 4.72 Å². The lowest BCUT2D eigenvalue weighted by atomic mass is 10.0. The first kappa shape index (κ1) is 10.6. The molecule has 1 aliphatic heterocycles. The van der Waals surface area contributed by atoms with Crippen LogP contribution in [0.4, 0.5) is 0 Å². The average Bonchev–Trinajstić information content (AvgIpc) is 2.18. The lowest BCUT2D eigenvalue weighted by molar-refractivity contribution is -0.112. The van der Waals surface area contributed by atoms with Gasteiger partial charge in [-0.3, -0.25) is 0 Å². The summed E-state index contributed by atoms with van der Waals surface area (Å²) in [6.45, 7) is 0.820. The van der Waals surface area contributed by atoms with Gasteiger partial charge in [0.25, 0.3) is 10.2 Å². The van der Waals surface area contributed by atoms with E-state index >= 15 is 0 Å². The maximum atomic E-state index is 11.3. The molecule has 0 bridgehead atoms. The van der Waals surface area contributed by atoms with E-state index in [1.54, 1.807) is 0 Å². The van der Waals surface area contributed by atoms with Gasteiger partial charge in [-0.25, -0.2) is 4.72 Å². The topological polar surface area (TPSA) is 66.5 Å². The summed E-state index contributed by atoms with van der Waals surface area (Å²) in [6.07, 6.45) is 2.38. The van der Waals surface area contributed by atoms with Gasteiger partial charge in [0.15, 0.2) is 0 Å². The van der Waals surface area contributed by atoms with Crippen molar-refractivity contribution in [2.45, 2.75) is 12.8 Å². The number of aldehydes is 1. The molecular formula is C7H14N2O3S. The van der Waals surface area contributed by atoms with Crippen molar-refractivity contribution in [2.75, 3.05) is 20.1 Å². The van der Waals surface area contributed by atoms with Gasteiger partial charge in [0.1, 0.15) is 6.29 Å². The molecule has 1 fully saturated rings. The van der Waals surface area contributed by atoms with E-state index in [0.717, 1.165) is 19.1 Å². The van der Waals surface area contributed by atoms with Crippen LogP contribution in [0.15, 0.2) is 0 Å². The number of carbonyl (C=O) groups is 1. The van der Waals surface area contributed by atoms with E-state index in [1.807, 2.05) is 0 Å². The zero-order chi connectivity index (χ0) is 9.90. The third kappa shape index (κ3) is 2.49. The van der Waals surface area contributed by atoms with Gasteiger partial charge in [-0.15, -0.1) is 0 Å². The smallest absolute Gasteiger partial charge is 0.279 e. The molecule has 0 saturated carbocycles. The third-order valence-electron chi connectivity index (χ3n) is 2.21. The van der Waals surface area contributed by atoms with Crippen molar-refractivity contribution in [1.29, 1.82) is 0 Å². The fourth-order valence-electron chi connectivity index (χ4n) is 1.43. The Morgan fingerprint density at radius 1 is 1.54 bits per heavy atom. The second kappa shape index (κ2) is 4.17. The minimum atomic E-state index is -3.34. The molecule has 6 heteroatoms. The summed E-state index contributed by atoms with van der Waals surface area (Å²) in [5.74, 6) is -0.142. The monoisotopic (exact) mass is 206 g/mol. The molecule has 1 atom stereocenters. The van der Waals surface area contributed by atoms with Gasteiger partial charge in [-0.2, -0.15) is 12.7 Å². The third-order valence-corrected chi connectivity index (χ3v) is 3.74. The molecule has 1 saturated heterocycles. The van der Waals surface area contributed by atoms with Gasteiger partial charge < -0.3 is 4.79 Å². The second-order valence-corrected chi connectivity index (χ2v) is 4.98. The number of hydrogen-bond donors (Lipinski definition) is 1. The van der Waals surface area contributed by atoms with E-state index in [0.29, 0.717) is 13.1 Å². The Morgan fingerprint density at radius 2 is 2.23 bits per heavy atom. The van der Waals surface area contributed by atoms with Crippen LogP contribution in [0, 0.1) is 5.92 Å². The van der Waals surface area contributed by atoms with Crippen LogP contribution >= 0.6 is 0 Å². The van der Waals surface area contributed by atoms with Crippen molar-refractivity contribution >= 4 is 16.5 Å². The Bertz CT molecular complexity index is 275. The van der Waals surface area contributed by atoms with Crippen LogP contribution in [-0.2, 0) is 15.0 Å². The van der Waals surface area contributed by atoms with Crippen LogP contribution in [0.2, 0.25) is 0 Å². The quantitative estimate of drug-likeness (QED) is 0.625. The molecule has 0 amide bonds. The minimum absolute atomic E-state index is 0.142. The van der Waals surface area contributed by atoms with Gasteiger partial charge in [-0.1, -0.05) is 0 Å². The molecule has 1 N–H and O–H groups in total. The first-order chi connectivity index (χ1) is 6.10. The van der Waals surface area contributed by atoms with Crippen molar-refractivity contribution < 1.29 is 13.2 Å². The fraction of sp³-hybridized carbons (Fsp3) is 0.857. The van der Waals surface area contributed by atoms with E-state index in [9.17, 15) is 13.2 Å². The highest BCUT2D eigenvalue weighted by Crippen LogP contribution is 2.16. The van der Waals surface area contributed by atoms with E-state index < -0.39 is 10.2 Å². The van der Waals surface area contributed by atoms with Crippen LogP contribution in [-0.4, -0.2) is 39.1 Å². The fourth-order valence-corrected chi connectivity index (χ4v) is 2.45. The molecule has 5 nitrogen and oxygen atoms in total. The number of piperidine rings is 1. The van der Waals surface area contributed by atoms with E-state index in [1.165, 1.54) is 11.4 Å². The highest BCUT2D eigenvalue weighted by atomic mass is 32.2. The van der Waals surface area contributed by atoms with Crippen LogP contribution in [0.5, 0.6) is 0 Å². The zero-order valence-electron chi connectivity index (χ0n) is 7.56. The Kier molecular flexibility index (Phi) is 3.40. The SMILES string of the molecule is CNS(=O)(=O)N1CCCC(C=O)C1. The summed E-state index contributed by atoms with van der Waals surface area (Å²) in [6, 6.07) is 0. The molecule has 0 aliphatic carbocycles. The molecule has 1 unspecified atom stereocenters. The van der Waals surface area contributed by atoms with Crippen LogP contribution in [0.25, 0.3) is 0 Å². The minimum Gasteiger partial charge on any atom is -0.303 e. The first-order valence-corrected chi connectivity index (χ1v) is 5.68. The molecule has 1 aliphatic rings. The standard InChI is InChI=1S/C7H14N2O3S/c1-8-13(11,12)9-4-2-3-7(5-9)6-10/h6-8H,2-5H2,1H3. The maximum Gasteiger partial charge on any atom is 0.279 e. The molecule has 0 aromatic heterocycles.